The van der Waals surface area contributed by atoms with Crippen molar-refractivity contribution in [2.45, 2.75) is 0 Å². The Morgan fingerprint density at radius 1 is 0.625 bits per heavy atom. The first-order valence-electron chi connectivity index (χ1n) is 12.3. The van der Waals surface area contributed by atoms with E-state index in [1.165, 1.54) is 4.57 Å². The van der Waals surface area contributed by atoms with Crippen molar-refractivity contribution >= 4 is 10.9 Å². The highest BCUT2D eigenvalue weighted by Gasteiger charge is 2.21. The third-order valence-corrected chi connectivity index (χ3v) is 6.53. The fourth-order valence-electron chi connectivity index (χ4n) is 4.66. The summed E-state index contributed by atoms with van der Waals surface area (Å²) in [4.78, 5) is 31.7. The number of nitrogens with zero attached hydrogens (tertiary/aromatic N) is 6. The molecule has 0 atom stereocenters. The molecule has 0 radical (unpaired) electrons. The normalized spacial score (nSPS) is 10.7. The van der Waals surface area contributed by atoms with Crippen molar-refractivity contribution in [2.24, 2.45) is 0 Å². The molecule has 0 aliphatic carbocycles. The number of benzene rings is 4. The molecule has 40 heavy (non-hydrogen) atoms. The van der Waals surface area contributed by atoms with Gasteiger partial charge in [0.15, 0.2) is 5.69 Å². The second-order valence-electron chi connectivity index (χ2n) is 8.88. The van der Waals surface area contributed by atoms with Gasteiger partial charge >= 0.3 is 0 Å². The predicted octanol–water partition coefficient (Wildman–Crippen LogP) is 5.01. The largest absolute Gasteiger partial charge is 0.290 e. The Morgan fingerprint density at radius 2 is 1.27 bits per heavy atom. The molecule has 0 N–H and O–H groups in total. The molecule has 6 aromatic rings. The van der Waals surface area contributed by atoms with Gasteiger partial charge in [-0.25, -0.2) is 4.98 Å². The Balaban J connectivity index is 1.54. The summed E-state index contributed by atoms with van der Waals surface area (Å²) in [5.74, 6) is 0.472. The smallest absolute Gasteiger partial charge is 0.268 e. The van der Waals surface area contributed by atoms with Gasteiger partial charge in [0.2, 0.25) is 0 Å². The van der Waals surface area contributed by atoms with E-state index in [4.69, 9.17) is 4.98 Å². The van der Waals surface area contributed by atoms with Crippen LogP contribution in [0.2, 0.25) is 0 Å². The van der Waals surface area contributed by atoms with Crippen molar-refractivity contribution in [1.29, 1.82) is 10.5 Å². The maximum absolute atomic E-state index is 13.7. The second-order valence-corrected chi connectivity index (χ2v) is 8.88. The molecule has 2 heterocycles. The first-order chi connectivity index (χ1) is 19.6. The zero-order chi connectivity index (χ0) is 27.6. The van der Waals surface area contributed by atoms with E-state index >= 15 is 0 Å². The van der Waals surface area contributed by atoms with Gasteiger partial charge in [-0.05, 0) is 42.0 Å². The lowest BCUT2D eigenvalue weighted by atomic mass is 9.99. The van der Waals surface area contributed by atoms with E-state index < -0.39 is 5.56 Å². The Kier molecular flexibility index (Phi) is 6.04. The van der Waals surface area contributed by atoms with Gasteiger partial charge in [-0.2, -0.15) is 20.3 Å². The quantitative estimate of drug-likeness (QED) is 0.324. The molecule has 0 spiro atoms. The van der Waals surface area contributed by atoms with Crippen molar-refractivity contribution in [3.63, 3.8) is 0 Å². The number of hydrogen-bond donors (Lipinski definition) is 0. The van der Waals surface area contributed by atoms with Crippen LogP contribution >= 0.6 is 0 Å². The second kappa shape index (κ2) is 9.97. The minimum atomic E-state index is -0.631. The molecule has 0 aliphatic heterocycles. The average molecular weight is 519 g/mol. The van der Waals surface area contributed by atoms with Crippen molar-refractivity contribution in [3.05, 3.63) is 141 Å². The van der Waals surface area contributed by atoms with Crippen LogP contribution in [0.15, 0.2) is 119 Å². The van der Waals surface area contributed by atoms with Gasteiger partial charge in [-0.15, -0.1) is 0 Å². The van der Waals surface area contributed by atoms with E-state index in [9.17, 15) is 20.1 Å². The van der Waals surface area contributed by atoms with Gasteiger partial charge in [0, 0.05) is 11.1 Å². The maximum atomic E-state index is 13.7. The molecule has 0 bridgehead atoms. The summed E-state index contributed by atoms with van der Waals surface area (Å²) in [5, 5.41) is 24.6. The van der Waals surface area contributed by atoms with Crippen LogP contribution in [0.5, 0.6) is 0 Å². The topological polar surface area (TPSA) is 117 Å². The molecule has 0 saturated carbocycles. The van der Waals surface area contributed by atoms with Crippen molar-refractivity contribution < 1.29 is 0 Å². The summed E-state index contributed by atoms with van der Waals surface area (Å²) < 4.78 is 2.59. The standard InChI is InChI=1S/C32H18N6O2/c33-19-26-29(28(20-34)36-38(32(26)40)24-11-5-2-6-12-24)21-15-17-23(18-16-21)37-30(22-9-3-1-4-10-22)35-27-14-8-7-13-25(27)31(37)39/h1-18H. The third kappa shape index (κ3) is 4.03. The van der Waals surface area contributed by atoms with Gasteiger partial charge in [0.1, 0.15) is 23.5 Å². The molecule has 0 aliphatic rings. The van der Waals surface area contributed by atoms with Crippen LogP contribution in [0.4, 0.5) is 0 Å². The highest BCUT2D eigenvalue weighted by Crippen LogP contribution is 2.28. The zero-order valence-corrected chi connectivity index (χ0v) is 20.9. The number of rotatable bonds is 4. The Morgan fingerprint density at radius 3 is 1.95 bits per heavy atom. The molecule has 0 fully saturated rings. The summed E-state index contributed by atoms with van der Waals surface area (Å²) in [6, 6.07) is 35.9. The maximum Gasteiger partial charge on any atom is 0.290 e. The fraction of sp³-hybridized carbons (Fsp3) is 0. The van der Waals surface area contributed by atoms with E-state index in [2.05, 4.69) is 5.10 Å². The van der Waals surface area contributed by atoms with Gasteiger partial charge in [-0.1, -0.05) is 72.8 Å². The van der Waals surface area contributed by atoms with Crippen LogP contribution in [0, 0.1) is 22.7 Å². The number of fused-ring (bicyclic) bond motifs is 1. The summed E-state index contributed by atoms with van der Waals surface area (Å²) in [6.07, 6.45) is 0. The zero-order valence-electron chi connectivity index (χ0n) is 20.9. The Bertz CT molecular complexity index is 2100. The van der Waals surface area contributed by atoms with E-state index in [-0.39, 0.29) is 22.4 Å². The third-order valence-electron chi connectivity index (χ3n) is 6.53. The molecule has 188 valence electrons. The van der Waals surface area contributed by atoms with Crippen LogP contribution in [0.1, 0.15) is 11.3 Å². The molecule has 2 aromatic heterocycles. The first kappa shape index (κ1) is 24.2. The lowest BCUT2D eigenvalue weighted by Crippen LogP contribution is -2.26. The van der Waals surface area contributed by atoms with Crippen LogP contribution in [-0.2, 0) is 0 Å². The molecule has 0 amide bonds. The summed E-state index contributed by atoms with van der Waals surface area (Å²) in [7, 11) is 0. The summed E-state index contributed by atoms with van der Waals surface area (Å²) in [5.41, 5.74) is 1.79. The van der Waals surface area contributed by atoms with Gasteiger partial charge in [0.25, 0.3) is 11.1 Å². The van der Waals surface area contributed by atoms with E-state index in [0.717, 1.165) is 10.2 Å². The fourth-order valence-corrected chi connectivity index (χ4v) is 4.66. The predicted molar refractivity (Wildman–Crippen MR) is 151 cm³/mol. The van der Waals surface area contributed by atoms with Crippen LogP contribution in [0.25, 0.3) is 44.8 Å². The molecule has 8 nitrogen and oxygen atoms in total. The molecule has 0 saturated heterocycles. The number of para-hydroxylation sites is 2. The lowest BCUT2D eigenvalue weighted by Gasteiger charge is -2.15. The van der Waals surface area contributed by atoms with E-state index in [1.807, 2.05) is 48.5 Å². The average Bonchev–Trinajstić information content (AvgIpc) is 3.02. The number of aromatic nitrogens is 4. The van der Waals surface area contributed by atoms with Crippen molar-refractivity contribution in [3.8, 4) is 46.0 Å². The van der Waals surface area contributed by atoms with Crippen LogP contribution < -0.4 is 11.1 Å². The highest BCUT2D eigenvalue weighted by atomic mass is 16.1. The SMILES string of the molecule is N#Cc1nn(-c2ccccc2)c(=O)c(C#N)c1-c1ccc(-n2c(-c3ccccc3)nc3ccccc3c2=O)cc1. The minimum Gasteiger partial charge on any atom is -0.268 e. The number of hydrogen-bond acceptors (Lipinski definition) is 6. The van der Waals surface area contributed by atoms with Gasteiger partial charge in [0.05, 0.1) is 22.3 Å². The van der Waals surface area contributed by atoms with Crippen LogP contribution in [0.3, 0.4) is 0 Å². The highest BCUT2D eigenvalue weighted by molar-refractivity contribution is 5.81. The molecule has 4 aromatic carbocycles. The van der Waals surface area contributed by atoms with Gasteiger partial charge in [-0.3, -0.25) is 14.2 Å². The molecular formula is C32H18N6O2. The van der Waals surface area contributed by atoms with Crippen LogP contribution in [-0.4, -0.2) is 19.3 Å². The first-order valence-corrected chi connectivity index (χ1v) is 12.3. The monoisotopic (exact) mass is 518 g/mol. The summed E-state index contributed by atoms with van der Waals surface area (Å²) >= 11 is 0. The molecule has 8 heteroatoms. The molecule has 6 rings (SSSR count). The summed E-state index contributed by atoms with van der Waals surface area (Å²) in [6.45, 7) is 0. The van der Waals surface area contributed by atoms with E-state index in [0.29, 0.717) is 33.7 Å². The van der Waals surface area contributed by atoms with Gasteiger partial charge < -0.3 is 0 Å². The van der Waals surface area contributed by atoms with Crippen molar-refractivity contribution in [2.75, 3.05) is 0 Å². The minimum absolute atomic E-state index is 0.0673. The Labute approximate surface area is 227 Å². The van der Waals surface area contributed by atoms with E-state index in [1.54, 1.807) is 72.8 Å². The molecular weight excluding hydrogens is 500 g/mol. The lowest BCUT2D eigenvalue weighted by molar-refractivity contribution is 0.796. The Hall–Kier alpha value is -6.12. The molecule has 0 unspecified atom stereocenters. The number of nitriles is 2. The van der Waals surface area contributed by atoms with Crippen molar-refractivity contribution in [1.82, 2.24) is 19.3 Å².